The molecule has 1 atom stereocenters. The third-order valence-electron chi connectivity index (χ3n) is 5.65. The summed E-state index contributed by atoms with van der Waals surface area (Å²) in [6, 6.07) is 20.4. The minimum atomic E-state index is -0.136. The van der Waals surface area contributed by atoms with Crippen LogP contribution in [0.3, 0.4) is 0 Å². The Morgan fingerprint density at radius 3 is 2.59 bits per heavy atom. The fraction of sp³-hybridized carbons (Fsp3) is 0.167. The van der Waals surface area contributed by atoms with Crippen LogP contribution in [0.25, 0.3) is 10.9 Å². The van der Waals surface area contributed by atoms with Crippen LogP contribution in [0.15, 0.2) is 78.0 Å². The molecule has 3 heterocycles. The quantitative estimate of drug-likeness (QED) is 0.489. The van der Waals surface area contributed by atoms with E-state index in [9.17, 15) is 4.79 Å². The van der Waals surface area contributed by atoms with Crippen molar-refractivity contribution in [1.82, 2.24) is 14.9 Å². The van der Waals surface area contributed by atoms with Crippen molar-refractivity contribution in [3.05, 3.63) is 95.4 Å². The summed E-state index contributed by atoms with van der Waals surface area (Å²) in [5.74, 6) is 0.0376. The van der Waals surface area contributed by atoms with Crippen LogP contribution < -0.4 is 0 Å². The molecule has 1 aliphatic rings. The molecule has 2 aromatic carbocycles. The molecule has 0 bridgehead atoms. The van der Waals surface area contributed by atoms with Gasteiger partial charge < -0.3 is 9.88 Å². The normalized spacial score (nSPS) is 16.0. The molecule has 1 N–H and O–H groups in total. The van der Waals surface area contributed by atoms with Crippen molar-refractivity contribution in [2.24, 2.45) is 0 Å². The topological polar surface area (TPSA) is 49.0 Å². The molecule has 29 heavy (non-hydrogen) atoms. The molecule has 0 saturated carbocycles. The van der Waals surface area contributed by atoms with E-state index in [0.29, 0.717) is 12.1 Å². The number of hydrogen-bond acceptors (Lipinski definition) is 3. The lowest BCUT2D eigenvalue weighted by Gasteiger charge is -2.36. The fourth-order valence-electron chi connectivity index (χ4n) is 4.25. The standard InChI is InChI=1S/C24H21N3OS/c1-29-18-8-6-16(7-9-18)23-22-20(19-4-2-3-5-21(19)26-22)12-15-27(23)24(28)17-10-13-25-14-11-17/h2-11,13-14,23,26H,12,15H2,1H3/t23-/m0/s1. The van der Waals surface area contributed by atoms with Gasteiger partial charge in [0.1, 0.15) is 0 Å². The molecule has 0 unspecified atom stereocenters. The second kappa shape index (κ2) is 7.41. The van der Waals surface area contributed by atoms with Crippen LogP contribution in [-0.4, -0.2) is 33.6 Å². The van der Waals surface area contributed by atoms with Gasteiger partial charge in [0.15, 0.2) is 0 Å². The Hall–Kier alpha value is -3.05. The molecule has 0 aliphatic carbocycles. The summed E-state index contributed by atoms with van der Waals surface area (Å²) in [4.78, 5) is 24.3. The number of para-hydroxylation sites is 1. The maximum atomic E-state index is 13.4. The summed E-state index contributed by atoms with van der Waals surface area (Å²) in [5, 5.41) is 1.25. The van der Waals surface area contributed by atoms with Crippen molar-refractivity contribution in [3.63, 3.8) is 0 Å². The summed E-state index contributed by atoms with van der Waals surface area (Å²) >= 11 is 1.72. The number of carbonyl (C=O) groups is 1. The number of aromatic nitrogens is 2. The molecule has 5 rings (SSSR count). The maximum absolute atomic E-state index is 13.4. The van der Waals surface area contributed by atoms with Gasteiger partial charge in [-0.05, 0) is 54.1 Å². The van der Waals surface area contributed by atoms with Crippen LogP contribution in [-0.2, 0) is 6.42 Å². The van der Waals surface area contributed by atoms with E-state index < -0.39 is 0 Å². The van der Waals surface area contributed by atoms with Crippen molar-refractivity contribution in [2.45, 2.75) is 17.4 Å². The number of carbonyl (C=O) groups excluding carboxylic acids is 1. The number of fused-ring (bicyclic) bond motifs is 3. The number of nitrogens with one attached hydrogen (secondary N) is 1. The predicted molar refractivity (Wildman–Crippen MR) is 117 cm³/mol. The van der Waals surface area contributed by atoms with Gasteiger partial charge in [0.2, 0.25) is 0 Å². The number of aromatic amines is 1. The van der Waals surface area contributed by atoms with E-state index in [0.717, 1.165) is 23.2 Å². The van der Waals surface area contributed by atoms with Gasteiger partial charge in [-0.2, -0.15) is 0 Å². The summed E-state index contributed by atoms with van der Waals surface area (Å²) in [6.07, 6.45) is 6.27. The molecule has 4 nitrogen and oxygen atoms in total. The summed E-state index contributed by atoms with van der Waals surface area (Å²) < 4.78 is 0. The van der Waals surface area contributed by atoms with Crippen molar-refractivity contribution in [3.8, 4) is 0 Å². The predicted octanol–water partition coefficient (Wildman–Crippen LogP) is 5.07. The van der Waals surface area contributed by atoms with Crippen molar-refractivity contribution in [1.29, 1.82) is 0 Å². The highest BCUT2D eigenvalue weighted by Crippen LogP contribution is 2.39. The van der Waals surface area contributed by atoms with Crippen LogP contribution in [0.5, 0.6) is 0 Å². The van der Waals surface area contributed by atoms with Gasteiger partial charge in [0.05, 0.1) is 6.04 Å². The Labute approximate surface area is 174 Å². The number of nitrogens with zero attached hydrogens (tertiary/aromatic N) is 2. The third kappa shape index (κ3) is 3.12. The minimum absolute atomic E-state index is 0.0376. The second-order valence-corrected chi connectivity index (χ2v) is 8.10. The van der Waals surface area contributed by atoms with Crippen LogP contribution in [0.4, 0.5) is 0 Å². The number of hydrogen-bond donors (Lipinski definition) is 1. The van der Waals surface area contributed by atoms with Gasteiger partial charge in [-0.3, -0.25) is 9.78 Å². The number of rotatable bonds is 3. The zero-order valence-electron chi connectivity index (χ0n) is 16.1. The molecule has 0 spiro atoms. The van der Waals surface area contributed by atoms with Crippen LogP contribution in [0.2, 0.25) is 0 Å². The summed E-state index contributed by atoms with van der Waals surface area (Å²) in [6.45, 7) is 0.685. The fourth-order valence-corrected chi connectivity index (χ4v) is 4.66. The Balaban J connectivity index is 1.65. The first-order chi connectivity index (χ1) is 14.3. The third-order valence-corrected chi connectivity index (χ3v) is 6.40. The lowest BCUT2D eigenvalue weighted by molar-refractivity contribution is 0.0692. The first-order valence-corrected chi connectivity index (χ1v) is 10.9. The van der Waals surface area contributed by atoms with E-state index in [2.05, 4.69) is 58.7 Å². The molecule has 4 aromatic rings. The van der Waals surface area contributed by atoms with Crippen LogP contribution in [0.1, 0.15) is 33.2 Å². The largest absolute Gasteiger partial charge is 0.356 e. The first-order valence-electron chi connectivity index (χ1n) is 9.70. The monoisotopic (exact) mass is 399 g/mol. The smallest absolute Gasteiger partial charge is 0.254 e. The highest BCUT2D eigenvalue weighted by atomic mass is 32.2. The molecule has 1 amide bonds. The van der Waals surface area contributed by atoms with E-state index in [-0.39, 0.29) is 11.9 Å². The lowest BCUT2D eigenvalue weighted by atomic mass is 9.92. The van der Waals surface area contributed by atoms with Gasteiger partial charge in [-0.25, -0.2) is 0 Å². The van der Waals surface area contributed by atoms with Gasteiger partial charge in [0, 0.05) is 46.0 Å². The van der Waals surface area contributed by atoms with E-state index in [1.807, 2.05) is 11.0 Å². The molecular formula is C24H21N3OS. The first kappa shape index (κ1) is 18.0. The molecule has 5 heteroatoms. The molecule has 0 radical (unpaired) electrons. The van der Waals surface area contributed by atoms with Gasteiger partial charge in [-0.1, -0.05) is 30.3 Å². The second-order valence-electron chi connectivity index (χ2n) is 7.22. The summed E-state index contributed by atoms with van der Waals surface area (Å²) in [5.41, 5.74) is 5.36. The number of thioether (sulfide) groups is 1. The van der Waals surface area contributed by atoms with Crippen LogP contribution in [0, 0.1) is 0 Å². The average Bonchev–Trinajstić information content (AvgIpc) is 3.17. The number of benzene rings is 2. The van der Waals surface area contributed by atoms with Crippen molar-refractivity contribution in [2.75, 3.05) is 12.8 Å². The zero-order valence-corrected chi connectivity index (χ0v) is 16.9. The number of pyridine rings is 1. The highest BCUT2D eigenvalue weighted by Gasteiger charge is 2.34. The molecule has 144 valence electrons. The Kier molecular flexibility index (Phi) is 4.60. The maximum Gasteiger partial charge on any atom is 0.254 e. The SMILES string of the molecule is CSc1ccc([C@H]2c3[nH]c4ccccc4c3CCN2C(=O)c2ccncc2)cc1. The number of amides is 1. The Morgan fingerprint density at radius 2 is 1.83 bits per heavy atom. The van der Waals surface area contributed by atoms with Gasteiger partial charge >= 0.3 is 0 Å². The van der Waals surface area contributed by atoms with Gasteiger partial charge in [-0.15, -0.1) is 11.8 Å². The molecular weight excluding hydrogens is 378 g/mol. The number of H-pyrrole nitrogens is 1. The van der Waals surface area contributed by atoms with Crippen LogP contribution >= 0.6 is 11.8 Å². The van der Waals surface area contributed by atoms with E-state index in [4.69, 9.17) is 0 Å². The molecule has 0 saturated heterocycles. The van der Waals surface area contributed by atoms with E-state index >= 15 is 0 Å². The highest BCUT2D eigenvalue weighted by molar-refractivity contribution is 7.98. The van der Waals surface area contributed by atoms with Gasteiger partial charge in [0.25, 0.3) is 5.91 Å². The average molecular weight is 400 g/mol. The van der Waals surface area contributed by atoms with E-state index in [1.54, 1.807) is 36.3 Å². The summed E-state index contributed by atoms with van der Waals surface area (Å²) in [7, 11) is 0. The van der Waals surface area contributed by atoms with Crippen molar-refractivity contribution < 1.29 is 4.79 Å². The molecule has 0 fully saturated rings. The molecule has 2 aromatic heterocycles. The Morgan fingerprint density at radius 1 is 1.07 bits per heavy atom. The zero-order chi connectivity index (χ0) is 19.8. The van der Waals surface area contributed by atoms with Crippen molar-refractivity contribution >= 4 is 28.6 Å². The van der Waals surface area contributed by atoms with E-state index in [1.165, 1.54) is 15.8 Å². The molecule has 1 aliphatic heterocycles. The lowest BCUT2D eigenvalue weighted by Crippen LogP contribution is -2.40. The Bertz CT molecular complexity index is 1170. The minimum Gasteiger partial charge on any atom is -0.356 e.